The topological polar surface area (TPSA) is 72.6 Å². The number of rotatable bonds is 3. The summed E-state index contributed by atoms with van der Waals surface area (Å²) in [5.41, 5.74) is 4.96. The molecule has 1 aromatic heterocycles. The number of thiocarbonyl (C=S) groups is 1. The number of nitrogens with two attached hydrogens (primary N) is 1. The molecule has 0 unspecified atom stereocenters. The highest BCUT2D eigenvalue weighted by atomic mass is 32.2. The normalized spacial score (nSPS) is 20.3. The van der Waals surface area contributed by atoms with E-state index in [0.717, 1.165) is 11.3 Å². The zero-order chi connectivity index (χ0) is 14.3. The summed E-state index contributed by atoms with van der Waals surface area (Å²) in [6, 6.07) is 3.20. The van der Waals surface area contributed by atoms with E-state index in [2.05, 4.69) is 0 Å². The predicted molar refractivity (Wildman–Crippen MR) is 79.0 cm³/mol. The monoisotopic (exact) mass is 320 g/mol. The zero-order valence-electron chi connectivity index (χ0n) is 10.8. The molecule has 0 saturated carbocycles. The molecule has 5 nitrogen and oxygen atoms in total. The Morgan fingerprint density at radius 1 is 1.53 bits per heavy atom. The number of hydrogen-bond acceptors (Lipinski definition) is 5. The van der Waals surface area contributed by atoms with E-state index in [-0.39, 0.29) is 9.20 Å². The van der Waals surface area contributed by atoms with Gasteiger partial charge in [0.05, 0.1) is 23.6 Å². The van der Waals surface area contributed by atoms with Gasteiger partial charge in [-0.05, 0) is 26.0 Å². The van der Waals surface area contributed by atoms with Crippen molar-refractivity contribution < 1.29 is 13.2 Å². The van der Waals surface area contributed by atoms with Crippen LogP contribution < -0.4 is 5.73 Å². The Morgan fingerprint density at radius 2 is 2.21 bits per heavy atom. The van der Waals surface area contributed by atoms with Crippen molar-refractivity contribution in [2.75, 3.05) is 19.8 Å². The molecule has 2 rings (SSSR count). The van der Waals surface area contributed by atoms with E-state index in [1.54, 1.807) is 12.1 Å². The van der Waals surface area contributed by atoms with E-state index in [1.807, 2.05) is 13.8 Å². The molecule has 1 aromatic rings. The molecule has 19 heavy (non-hydrogen) atoms. The van der Waals surface area contributed by atoms with Gasteiger partial charge in [-0.25, -0.2) is 8.42 Å². The number of sulfonamides is 1. The fourth-order valence-corrected chi connectivity index (χ4v) is 5.21. The maximum atomic E-state index is 12.6. The SMILES string of the molecule is CC1(C)COCCN1S(=O)(=O)c1ccc(C(N)=S)s1. The first-order valence-corrected chi connectivity index (χ1v) is 8.42. The van der Waals surface area contributed by atoms with Gasteiger partial charge in [-0.15, -0.1) is 11.3 Å². The summed E-state index contributed by atoms with van der Waals surface area (Å²) in [7, 11) is -3.53. The third-order valence-corrected chi connectivity index (χ3v) is 6.98. The molecule has 0 radical (unpaired) electrons. The number of nitrogens with zero attached hydrogens (tertiary/aromatic N) is 1. The van der Waals surface area contributed by atoms with E-state index >= 15 is 0 Å². The fraction of sp³-hybridized carbons (Fsp3) is 0.545. The van der Waals surface area contributed by atoms with Crippen molar-refractivity contribution in [2.24, 2.45) is 5.73 Å². The number of ether oxygens (including phenoxy) is 1. The summed E-state index contributed by atoms with van der Waals surface area (Å²) in [5, 5.41) is 0. The van der Waals surface area contributed by atoms with Crippen LogP contribution in [0, 0.1) is 0 Å². The molecule has 2 heterocycles. The van der Waals surface area contributed by atoms with Crippen LogP contribution in [0.1, 0.15) is 18.7 Å². The van der Waals surface area contributed by atoms with Crippen LogP contribution in [0.25, 0.3) is 0 Å². The summed E-state index contributed by atoms with van der Waals surface area (Å²) in [6.07, 6.45) is 0. The second kappa shape index (κ2) is 5.10. The molecule has 0 aromatic carbocycles. The zero-order valence-corrected chi connectivity index (χ0v) is 13.2. The summed E-state index contributed by atoms with van der Waals surface area (Å²) in [6.45, 7) is 4.86. The number of morpholine rings is 1. The van der Waals surface area contributed by atoms with Gasteiger partial charge in [-0.2, -0.15) is 4.31 Å². The van der Waals surface area contributed by atoms with Gasteiger partial charge in [0.2, 0.25) is 0 Å². The van der Waals surface area contributed by atoms with Gasteiger partial charge < -0.3 is 10.5 Å². The van der Waals surface area contributed by atoms with E-state index in [4.69, 9.17) is 22.7 Å². The average molecular weight is 320 g/mol. The third kappa shape index (κ3) is 2.82. The van der Waals surface area contributed by atoms with Crippen molar-refractivity contribution in [3.05, 3.63) is 17.0 Å². The minimum atomic E-state index is -3.53. The minimum Gasteiger partial charge on any atom is -0.389 e. The van der Waals surface area contributed by atoms with Gasteiger partial charge in [-0.1, -0.05) is 12.2 Å². The molecule has 0 bridgehead atoms. The Balaban J connectivity index is 2.38. The van der Waals surface area contributed by atoms with Crippen molar-refractivity contribution in [2.45, 2.75) is 23.6 Å². The lowest BCUT2D eigenvalue weighted by Gasteiger charge is -2.40. The van der Waals surface area contributed by atoms with Crippen LogP contribution in [0.4, 0.5) is 0 Å². The molecule has 0 spiro atoms. The van der Waals surface area contributed by atoms with E-state index < -0.39 is 15.6 Å². The molecule has 1 saturated heterocycles. The van der Waals surface area contributed by atoms with Crippen LogP contribution in [-0.4, -0.2) is 43.0 Å². The molecule has 106 valence electrons. The average Bonchev–Trinajstić information content (AvgIpc) is 2.77. The van der Waals surface area contributed by atoms with Crippen LogP contribution in [0.5, 0.6) is 0 Å². The molecule has 1 aliphatic heterocycles. The molecule has 0 atom stereocenters. The van der Waals surface area contributed by atoms with Gasteiger partial charge >= 0.3 is 0 Å². The molecule has 1 fully saturated rings. The van der Waals surface area contributed by atoms with Crippen LogP contribution in [0.15, 0.2) is 16.3 Å². The van der Waals surface area contributed by atoms with Crippen molar-refractivity contribution in [3.8, 4) is 0 Å². The lowest BCUT2D eigenvalue weighted by atomic mass is 10.1. The van der Waals surface area contributed by atoms with Crippen LogP contribution >= 0.6 is 23.6 Å². The van der Waals surface area contributed by atoms with E-state index in [1.165, 1.54) is 4.31 Å². The number of thiophene rings is 1. The van der Waals surface area contributed by atoms with Gasteiger partial charge in [0.25, 0.3) is 10.0 Å². The van der Waals surface area contributed by atoms with Crippen molar-refractivity contribution in [3.63, 3.8) is 0 Å². The molecule has 0 amide bonds. The maximum absolute atomic E-state index is 12.6. The van der Waals surface area contributed by atoms with Gasteiger partial charge in [0.15, 0.2) is 0 Å². The first-order valence-electron chi connectivity index (χ1n) is 5.75. The van der Waals surface area contributed by atoms with Crippen molar-refractivity contribution in [1.82, 2.24) is 4.31 Å². The molecular weight excluding hydrogens is 304 g/mol. The molecule has 0 aliphatic carbocycles. The van der Waals surface area contributed by atoms with Crippen LogP contribution in [0.2, 0.25) is 0 Å². The Hall–Kier alpha value is -0.540. The largest absolute Gasteiger partial charge is 0.389 e. The Kier molecular flexibility index (Phi) is 3.99. The highest BCUT2D eigenvalue weighted by Crippen LogP contribution is 2.31. The first-order chi connectivity index (χ1) is 8.75. The van der Waals surface area contributed by atoms with Gasteiger partial charge in [-0.3, -0.25) is 0 Å². The van der Waals surface area contributed by atoms with E-state index in [9.17, 15) is 8.42 Å². The lowest BCUT2D eigenvalue weighted by Crippen LogP contribution is -2.55. The minimum absolute atomic E-state index is 0.215. The van der Waals surface area contributed by atoms with E-state index in [0.29, 0.717) is 24.6 Å². The third-order valence-electron chi connectivity index (χ3n) is 2.94. The second-order valence-electron chi connectivity index (χ2n) is 4.93. The van der Waals surface area contributed by atoms with Crippen molar-refractivity contribution in [1.29, 1.82) is 0 Å². The van der Waals surface area contributed by atoms with Crippen LogP contribution in [-0.2, 0) is 14.8 Å². The van der Waals surface area contributed by atoms with Gasteiger partial charge in [0, 0.05) is 6.54 Å². The summed E-state index contributed by atoms with van der Waals surface area (Å²) in [5.74, 6) is 0. The lowest BCUT2D eigenvalue weighted by molar-refractivity contribution is -0.00761. The summed E-state index contributed by atoms with van der Waals surface area (Å²) < 4.78 is 32.4. The van der Waals surface area contributed by atoms with Crippen molar-refractivity contribution >= 4 is 38.6 Å². The fourth-order valence-electron chi connectivity index (χ4n) is 1.99. The van der Waals surface area contributed by atoms with Gasteiger partial charge in [0.1, 0.15) is 9.20 Å². The highest BCUT2D eigenvalue weighted by molar-refractivity contribution is 7.91. The Labute approximate surface area is 122 Å². The smallest absolute Gasteiger partial charge is 0.253 e. The molecule has 2 N–H and O–H groups in total. The Bertz CT molecular complexity index is 592. The summed E-state index contributed by atoms with van der Waals surface area (Å²) >= 11 is 5.97. The molecular formula is C11H16N2O3S3. The molecule has 8 heteroatoms. The maximum Gasteiger partial charge on any atom is 0.253 e. The number of hydrogen-bond donors (Lipinski definition) is 1. The first kappa shape index (κ1) is 14.9. The second-order valence-corrected chi connectivity index (χ2v) is 8.54. The van der Waals surface area contributed by atoms with Crippen LogP contribution in [0.3, 0.4) is 0 Å². The highest BCUT2D eigenvalue weighted by Gasteiger charge is 2.40. The predicted octanol–water partition coefficient (Wildman–Crippen LogP) is 1.18. The quantitative estimate of drug-likeness (QED) is 0.847. The Morgan fingerprint density at radius 3 is 2.74 bits per heavy atom. The standard InChI is InChI=1S/C11H16N2O3S3/c1-11(2)7-16-6-5-13(11)19(14,15)9-4-3-8(18-9)10(12)17/h3-4H,5-7H2,1-2H3,(H2,12,17). The summed E-state index contributed by atoms with van der Waals surface area (Å²) in [4.78, 5) is 0.826. The molecule has 1 aliphatic rings.